The molecule has 1 aliphatic carbocycles. The molecule has 1 aromatic heterocycles. The molecule has 0 amide bonds. The highest BCUT2D eigenvalue weighted by molar-refractivity contribution is 5.62. The molecule has 3 aromatic rings. The molecule has 1 saturated heterocycles. The van der Waals surface area contributed by atoms with Crippen molar-refractivity contribution in [1.29, 1.82) is 5.26 Å². The van der Waals surface area contributed by atoms with Gasteiger partial charge in [-0.2, -0.15) is 5.26 Å². The molecular weight excluding hydrogens is 405 g/mol. The SMILES string of the molecule is N#Cc1ccc(-c2nc(NC[C@H]3CCNC3)cc(=O)n2-c2ccc(C3CC3)cc2)cc1F. The lowest BCUT2D eigenvalue weighted by atomic mass is 10.1. The van der Waals surface area contributed by atoms with Crippen molar-refractivity contribution in [3.8, 4) is 23.1 Å². The van der Waals surface area contributed by atoms with Crippen LogP contribution in [0.15, 0.2) is 53.3 Å². The van der Waals surface area contributed by atoms with Crippen LogP contribution in [0.2, 0.25) is 0 Å². The summed E-state index contributed by atoms with van der Waals surface area (Å²) in [4.78, 5) is 17.9. The van der Waals surface area contributed by atoms with Gasteiger partial charge in [0.05, 0.1) is 11.3 Å². The molecule has 1 aliphatic heterocycles. The standard InChI is InChI=1S/C25H24FN5O/c26-22-11-19(3-4-20(22)13-27)25-30-23(29-15-16-9-10-28-14-16)12-24(32)31(25)21-7-5-18(6-8-21)17-1-2-17/h3-8,11-12,16-17,28-29H,1-2,9-10,14-15H2/t16-/m0/s1. The van der Waals surface area contributed by atoms with Gasteiger partial charge in [-0.3, -0.25) is 9.36 Å². The molecule has 1 saturated carbocycles. The van der Waals surface area contributed by atoms with E-state index in [1.54, 1.807) is 6.07 Å². The maximum atomic E-state index is 14.4. The summed E-state index contributed by atoms with van der Waals surface area (Å²) in [5.41, 5.74) is 2.10. The van der Waals surface area contributed by atoms with Crippen molar-refractivity contribution in [2.24, 2.45) is 5.92 Å². The van der Waals surface area contributed by atoms with Crippen LogP contribution in [-0.4, -0.2) is 29.2 Å². The Morgan fingerprint density at radius 1 is 1.16 bits per heavy atom. The minimum absolute atomic E-state index is 0.0422. The topological polar surface area (TPSA) is 82.7 Å². The molecule has 0 unspecified atom stereocenters. The lowest BCUT2D eigenvalue weighted by Gasteiger charge is -2.16. The first-order valence-corrected chi connectivity index (χ1v) is 11.0. The highest BCUT2D eigenvalue weighted by atomic mass is 19.1. The Kier molecular flexibility index (Phi) is 5.46. The Labute approximate surface area is 185 Å². The molecule has 0 radical (unpaired) electrons. The van der Waals surface area contributed by atoms with Gasteiger partial charge < -0.3 is 10.6 Å². The summed E-state index contributed by atoms with van der Waals surface area (Å²) in [5, 5.41) is 15.7. The van der Waals surface area contributed by atoms with Crippen LogP contribution in [0.4, 0.5) is 10.2 Å². The van der Waals surface area contributed by atoms with E-state index >= 15 is 0 Å². The Morgan fingerprint density at radius 3 is 2.62 bits per heavy atom. The maximum Gasteiger partial charge on any atom is 0.260 e. The first-order chi connectivity index (χ1) is 15.6. The number of halogens is 1. The van der Waals surface area contributed by atoms with Crippen molar-refractivity contribution in [3.63, 3.8) is 0 Å². The first-order valence-electron chi connectivity index (χ1n) is 11.0. The lowest BCUT2D eigenvalue weighted by molar-refractivity contribution is 0.614. The number of nitrogens with one attached hydrogen (secondary N) is 2. The zero-order valence-corrected chi connectivity index (χ0v) is 17.6. The highest BCUT2D eigenvalue weighted by Crippen LogP contribution is 2.40. The van der Waals surface area contributed by atoms with Crippen molar-refractivity contribution in [2.75, 3.05) is 25.0 Å². The summed E-state index contributed by atoms with van der Waals surface area (Å²) in [6.45, 7) is 2.64. The summed E-state index contributed by atoms with van der Waals surface area (Å²) in [7, 11) is 0. The van der Waals surface area contributed by atoms with Crippen LogP contribution in [0.5, 0.6) is 0 Å². The van der Waals surface area contributed by atoms with Crippen LogP contribution in [0.1, 0.15) is 36.3 Å². The van der Waals surface area contributed by atoms with Gasteiger partial charge in [0, 0.05) is 18.2 Å². The summed E-state index contributed by atoms with van der Waals surface area (Å²) in [6.07, 6.45) is 3.48. The maximum absolute atomic E-state index is 14.4. The number of benzene rings is 2. The first kappa shape index (κ1) is 20.4. The summed E-state index contributed by atoms with van der Waals surface area (Å²) >= 11 is 0. The van der Waals surface area contributed by atoms with E-state index in [1.807, 2.05) is 30.3 Å². The van der Waals surface area contributed by atoms with E-state index in [2.05, 4.69) is 15.6 Å². The molecule has 0 bridgehead atoms. The van der Waals surface area contributed by atoms with Crippen molar-refractivity contribution < 1.29 is 4.39 Å². The third-order valence-corrected chi connectivity index (χ3v) is 6.20. The Hall–Kier alpha value is -3.50. The van der Waals surface area contributed by atoms with E-state index < -0.39 is 5.82 Å². The Morgan fingerprint density at radius 2 is 1.97 bits per heavy atom. The molecule has 2 aromatic carbocycles. The monoisotopic (exact) mass is 429 g/mol. The molecule has 2 fully saturated rings. The van der Waals surface area contributed by atoms with Gasteiger partial charge in [0.2, 0.25) is 0 Å². The molecule has 6 nitrogen and oxygen atoms in total. The fourth-order valence-electron chi connectivity index (χ4n) is 4.21. The molecule has 5 rings (SSSR count). The average molecular weight is 429 g/mol. The largest absolute Gasteiger partial charge is 0.370 e. The molecule has 0 spiro atoms. The van der Waals surface area contributed by atoms with Gasteiger partial charge >= 0.3 is 0 Å². The van der Waals surface area contributed by atoms with Crippen molar-refractivity contribution in [2.45, 2.75) is 25.2 Å². The predicted octanol–water partition coefficient (Wildman–Crippen LogP) is 3.81. The van der Waals surface area contributed by atoms with Gasteiger partial charge in [-0.05, 0) is 80.1 Å². The molecular formula is C25H24FN5O. The fraction of sp³-hybridized carbons (Fsp3) is 0.320. The van der Waals surface area contributed by atoms with Gasteiger partial charge in [0.25, 0.3) is 5.56 Å². The van der Waals surface area contributed by atoms with E-state index in [0.717, 1.165) is 19.5 Å². The summed E-state index contributed by atoms with van der Waals surface area (Å²) < 4.78 is 15.9. The van der Waals surface area contributed by atoms with Crippen LogP contribution < -0.4 is 16.2 Å². The third kappa shape index (κ3) is 4.14. The Bertz CT molecular complexity index is 1230. The quantitative estimate of drug-likeness (QED) is 0.623. The van der Waals surface area contributed by atoms with E-state index in [9.17, 15) is 9.18 Å². The number of nitriles is 1. The number of anilines is 1. The number of hydrogen-bond donors (Lipinski definition) is 2. The van der Waals surface area contributed by atoms with Crippen LogP contribution in [-0.2, 0) is 0 Å². The minimum Gasteiger partial charge on any atom is -0.370 e. The summed E-state index contributed by atoms with van der Waals surface area (Å²) in [6, 6.07) is 15.5. The number of hydrogen-bond acceptors (Lipinski definition) is 5. The molecule has 2 heterocycles. The number of aromatic nitrogens is 2. The predicted molar refractivity (Wildman–Crippen MR) is 121 cm³/mol. The lowest BCUT2D eigenvalue weighted by Crippen LogP contribution is -2.24. The van der Waals surface area contributed by atoms with Gasteiger partial charge in [0.15, 0.2) is 0 Å². The third-order valence-electron chi connectivity index (χ3n) is 6.20. The molecule has 7 heteroatoms. The van der Waals surface area contributed by atoms with Gasteiger partial charge in [-0.1, -0.05) is 12.1 Å². The second kappa shape index (κ2) is 8.56. The zero-order chi connectivity index (χ0) is 22.1. The number of nitrogens with zero attached hydrogens (tertiary/aromatic N) is 3. The zero-order valence-electron chi connectivity index (χ0n) is 17.6. The molecule has 162 valence electrons. The highest BCUT2D eigenvalue weighted by Gasteiger charge is 2.23. The van der Waals surface area contributed by atoms with Gasteiger partial charge in [-0.15, -0.1) is 0 Å². The van der Waals surface area contributed by atoms with Crippen molar-refractivity contribution >= 4 is 5.82 Å². The Balaban J connectivity index is 1.56. The van der Waals surface area contributed by atoms with E-state index in [0.29, 0.717) is 41.3 Å². The van der Waals surface area contributed by atoms with Crippen LogP contribution >= 0.6 is 0 Å². The fourth-order valence-corrected chi connectivity index (χ4v) is 4.21. The molecule has 1 atom stereocenters. The molecule has 2 N–H and O–H groups in total. The second-order valence-corrected chi connectivity index (χ2v) is 8.55. The number of rotatable bonds is 6. The van der Waals surface area contributed by atoms with Crippen LogP contribution in [0.3, 0.4) is 0 Å². The van der Waals surface area contributed by atoms with E-state index in [-0.39, 0.29) is 11.1 Å². The van der Waals surface area contributed by atoms with Gasteiger partial charge in [-0.25, -0.2) is 9.37 Å². The smallest absolute Gasteiger partial charge is 0.260 e. The normalized spacial score (nSPS) is 17.8. The van der Waals surface area contributed by atoms with Crippen molar-refractivity contribution in [1.82, 2.24) is 14.9 Å². The van der Waals surface area contributed by atoms with Crippen molar-refractivity contribution in [3.05, 3.63) is 75.8 Å². The average Bonchev–Trinajstić information content (AvgIpc) is 3.52. The minimum atomic E-state index is -0.634. The molecule has 2 aliphatic rings. The molecule has 32 heavy (non-hydrogen) atoms. The van der Waals surface area contributed by atoms with E-state index in [4.69, 9.17) is 5.26 Å². The van der Waals surface area contributed by atoms with Crippen LogP contribution in [0.25, 0.3) is 17.1 Å². The van der Waals surface area contributed by atoms with Gasteiger partial charge in [0.1, 0.15) is 23.5 Å². The van der Waals surface area contributed by atoms with E-state index in [1.165, 1.54) is 41.2 Å². The van der Waals surface area contributed by atoms with Crippen LogP contribution in [0, 0.1) is 23.1 Å². The second-order valence-electron chi connectivity index (χ2n) is 8.55. The summed E-state index contributed by atoms with van der Waals surface area (Å²) in [5.74, 6) is 1.26.